The molecule has 78 valence electrons. The highest BCUT2D eigenvalue weighted by molar-refractivity contribution is 7.90. The molecule has 0 radical (unpaired) electrons. The van der Waals surface area contributed by atoms with E-state index in [2.05, 4.69) is 4.72 Å². The van der Waals surface area contributed by atoms with Gasteiger partial charge >= 0.3 is 0 Å². The lowest BCUT2D eigenvalue weighted by atomic mass is 10.3. The van der Waals surface area contributed by atoms with E-state index in [-0.39, 0.29) is 11.3 Å². The van der Waals surface area contributed by atoms with Gasteiger partial charge in [-0.15, -0.1) is 0 Å². The fourth-order valence-electron chi connectivity index (χ4n) is 1.66. The van der Waals surface area contributed by atoms with E-state index in [1.165, 1.54) is 0 Å². The highest BCUT2D eigenvalue weighted by Gasteiger charge is 2.29. The lowest BCUT2D eigenvalue weighted by Gasteiger charge is -2.16. The van der Waals surface area contributed by atoms with Crippen molar-refractivity contribution < 1.29 is 8.42 Å². The molecule has 0 spiro atoms. The Bertz CT molecular complexity index is 242. The third-order valence-electron chi connectivity index (χ3n) is 2.72. The van der Waals surface area contributed by atoms with E-state index in [1.807, 2.05) is 13.8 Å². The maximum atomic E-state index is 11.7. The molecule has 13 heavy (non-hydrogen) atoms. The van der Waals surface area contributed by atoms with Crippen LogP contribution in [0.4, 0.5) is 0 Å². The van der Waals surface area contributed by atoms with Crippen molar-refractivity contribution in [3.05, 3.63) is 0 Å². The van der Waals surface area contributed by atoms with E-state index >= 15 is 0 Å². The Kier molecular flexibility index (Phi) is 3.74. The SMILES string of the molecule is CCC(C)NS(=O)(=O)C1CCCC1. The Balaban J connectivity index is 2.54. The molecule has 0 amide bonds. The summed E-state index contributed by atoms with van der Waals surface area (Å²) in [7, 11) is -3.02. The van der Waals surface area contributed by atoms with Crippen molar-refractivity contribution in [3.63, 3.8) is 0 Å². The minimum absolute atomic E-state index is 0.0746. The molecule has 0 aromatic carbocycles. The van der Waals surface area contributed by atoms with Crippen molar-refractivity contribution in [1.82, 2.24) is 4.72 Å². The lowest BCUT2D eigenvalue weighted by molar-refractivity contribution is 0.541. The molecule has 1 aliphatic rings. The second-order valence-electron chi connectivity index (χ2n) is 3.88. The topological polar surface area (TPSA) is 46.2 Å². The number of sulfonamides is 1. The van der Waals surface area contributed by atoms with E-state index in [0.29, 0.717) is 0 Å². The summed E-state index contributed by atoms with van der Waals surface area (Å²) in [6.07, 6.45) is 4.65. The third-order valence-corrected chi connectivity index (χ3v) is 4.80. The normalized spacial score (nSPS) is 22.0. The second kappa shape index (κ2) is 4.42. The minimum atomic E-state index is -3.02. The molecule has 1 rings (SSSR count). The summed E-state index contributed by atoms with van der Waals surface area (Å²) >= 11 is 0. The fraction of sp³-hybridized carbons (Fsp3) is 1.00. The van der Waals surface area contributed by atoms with Gasteiger partial charge in [-0.3, -0.25) is 0 Å². The molecule has 3 nitrogen and oxygen atoms in total. The van der Waals surface area contributed by atoms with Crippen molar-refractivity contribution in [2.75, 3.05) is 0 Å². The molecule has 0 heterocycles. The van der Waals surface area contributed by atoms with Gasteiger partial charge in [0, 0.05) is 6.04 Å². The number of hydrogen-bond donors (Lipinski definition) is 1. The molecular weight excluding hydrogens is 186 g/mol. The van der Waals surface area contributed by atoms with E-state index in [9.17, 15) is 8.42 Å². The predicted molar refractivity (Wildman–Crippen MR) is 54.1 cm³/mol. The van der Waals surface area contributed by atoms with Crippen molar-refractivity contribution in [1.29, 1.82) is 0 Å². The third kappa shape index (κ3) is 2.95. The first-order valence-corrected chi connectivity index (χ1v) is 6.62. The van der Waals surface area contributed by atoms with Crippen LogP contribution in [0.15, 0.2) is 0 Å². The molecule has 1 unspecified atom stereocenters. The molecule has 1 saturated carbocycles. The molecule has 1 aliphatic carbocycles. The first kappa shape index (κ1) is 11.0. The Labute approximate surface area is 81.0 Å². The number of hydrogen-bond acceptors (Lipinski definition) is 2. The first-order valence-electron chi connectivity index (χ1n) is 5.07. The van der Waals surface area contributed by atoms with Crippen LogP contribution in [-0.2, 0) is 10.0 Å². The van der Waals surface area contributed by atoms with Crippen LogP contribution in [0.3, 0.4) is 0 Å². The Morgan fingerprint density at radius 3 is 2.38 bits per heavy atom. The molecule has 0 saturated heterocycles. The van der Waals surface area contributed by atoms with Crippen molar-refractivity contribution in [2.24, 2.45) is 0 Å². The summed E-state index contributed by atoms with van der Waals surface area (Å²) in [5.41, 5.74) is 0. The van der Waals surface area contributed by atoms with Crippen LogP contribution >= 0.6 is 0 Å². The van der Waals surface area contributed by atoms with Crippen molar-refractivity contribution >= 4 is 10.0 Å². The Hall–Kier alpha value is -0.0900. The summed E-state index contributed by atoms with van der Waals surface area (Å²) in [6.45, 7) is 3.90. The van der Waals surface area contributed by atoms with Gasteiger partial charge in [-0.2, -0.15) is 0 Å². The number of nitrogens with one attached hydrogen (secondary N) is 1. The van der Waals surface area contributed by atoms with Gasteiger partial charge in [0.2, 0.25) is 10.0 Å². The maximum Gasteiger partial charge on any atom is 0.214 e. The molecule has 1 N–H and O–H groups in total. The molecule has 1 atom stereocenters. The average Bonchev–Trinajstić information content (AvgIpc) is 2.55. The largest absolute Gasteiger partial charge is 0.214 e. The lowest BCUT2D eigenvalue weighted by Crippen LogP contribution is -2.38. The summed E-state index contributed by atoms with van der Waals surface area (Å²) in [4.78, 5) is 0. The predicted octanol–water partition coefficient (Wildman–Crippen LogP) is 1.65. The smallest absolute Gasteiger partial charge is 0.212 e. The first-order chi connectivity index (χ1) is 6.06. The van der Waals surface area contributed by atoms with E-state index in [4.69, 9.17) is 0 Å². The van der Waals surface area contributed by atoms with Crippen molar-refractivity contribution in [2.45, 2.75) is 57.2 Å². The van der Waals surface area contributed by atoms with Gasteiger partial charge in [-0.1, -0.05) is 19.8 Å². The standard InChI is InChI=1S/C9H19NO2S/c1-3-8(2)10-13(11,12)9-6-4-5-7-9/h8-10H,3-7H2,1-2H3. The van der Waals surface area contributed by atoms with Gasteiger partial charge in [0.15, 0.2) is 0 Å². The summed E-state index contributed by atoms with van der Waals surface area (Å²) in [5.74, 6) is 0. The molecule has 0 aromatic rings. The highest BCUT2D eigenvalue weighted by Crippen LogP contribution is 2.24. The molecule has 1 fully saturated rings. The average molecular weight is 205 g/mol. The van der Waals surface area contributed by atoms with Crippen LogP contribution in [0.5, 0.6) is 0 Å². The zero-order valence-corrected chi connectivity index (χ0v) is 9.23. The maximum absolute atomic E-state index is 11.7. The van der Waals surface area contributed by atoms with E-state index in [0.717, 1.165) is 32.1 Å². The van der Waals surface area contributed by atoms with Gasteiger partial charge in [0.1, 0.15) is 0 Å². The van der Waals surface area contributed by atoms with Crippen LogP contribution in [0.2, 0.25) is 0 Å². The zero-order chi connectivity index (χ0) is 9.90. The van der Waals surface area contributed by atoms with E-state index in [1.54, 1.807) is 0 Å². The van der Waals surface area contributed by atoms with Crippen molar-refractivity contribution in [3.8, 4) is 0 Å². The fourth-order valence-corrected chi connectivity index (χ4v) is 3.53. The number of rotatable bonds is 4. The quantitative estimate of drug-likeness (QED) is 0.758. The van der Waals surface area contributed by atoms with Crippen LogP contribution in [0.1, 0.15) is 46.0 Å². The van der Waals surface area contributed by atoms with Crippen LogP contribution in [0, 0.1) is 0 Å². The van der Waals surface area contributed by atoms with Gasteiger partial charge < -0.3 is 0 Å². The molecule has 0 bridgehead atoms. The van der Waals surface area contributed by atoms with Gasteiger partial charge in [0.05, 0.1) is 5.25 Å². The zero-order valence-electron chi connectivity index (χ0n) is 8.41. The van der Waals surface area contributed by atoms with Crippen LogP contribution in [-0.4, -0.2) is 19.7 Å². The Morgan fingerprint density at radius 1 is 1.38 bits per heavy atom. The summed E-state index contributed by atoms with van der Waals surface area (Å²) < 4.78 is 26.1. The Morgan fingerprint density at radius 2 is 1.92 bits per heavy atom. The molecule has 0 aromatic heterocycles. The molecule has 4 heteroatoms. The second-order valence-corrected chi connectivity index (χ2v) is 5.87. The summed E-state index contributed by atoms with van der Waals surface area (Å²) in [5, 5.41) is -0.124. The molecule has 0 aliphatic heterocycles. The molecular formula is C9H19NO2S. The van der Waals surface area contributed by atoms with Crippen LogP contribution in [0.25, 0.3) is 0 Å². The highest BCUT2D eigenvalue weighted by atomic mass is 32.2. The van der Waals surface area contributed by atoms with Gasteiger partial charge in [-0.25, -0.2) is 13.1 Å². The van der Waals surface area contributed by atoms with E-state index < -0.39 is 10.0 Å². The van der Waals surface area contributed by atoms with Crippen LogP contribution < -0.4 is 4.72 Å². The van der Waals surface area contributed by atoms with Gasteiger partial charge in [0.25, 0.3) is 0 Å². The van der Waals surface area contributed by atoms with Gasteiger partial charge in [-0.05, 0) is 26.2 Å². The minimum Gasteiger partial charge on any atom is -0.212 e. The monoisotopic (exact) mass is 205 g/mol. The summed E-state index contributed by atoms with van der Waals surface area (Å²) in [6, 6.07) is 0.0746.